The van der Waals surface area contributed by atoms with Gasteiger partial charge < -0.3 is 24.7 Å². The molecule has 1 amide bonds. The molecule has 1 aliphatic rings. The van der Waals surface area contributed by atoms with Gasteiger partial charge in [-0.15, -0.1) is 11.3 Å². The van der Waals surface area contributed by atoms with Crippen LogP contribution in [0.5, 0.6) is 11.5 Å². The van der Waals surface area contributed by atoms with Crippen LogP contribution in [0.25, 0.3) is 22.3 Å². The fourth-order valence-electron chi connectivity index (χ4n) is 4.63. The number of carbonyl (C=O) groups is 1. The van der Waals surface area contributed by atoms with Gasteiger partial charge in [0, 0.05) is 48.7 Å². The molecule has 0 atom stereocenters. The molecular formula is C29H29N7O3S. The summed E-state index contributed by atoms with van der Waals surface area (Å²) in [6, 6.07) is 9.77. The highest BCUT2D eigenvalue weighted by Crippen LogP contribution is 2.37. The summed E-state index contributed by atoms with van der Waals surface area (Å²) in [4.78, 5) is 35.3. The van der Waals surface area contributed by atoms with Crippen molar-refractivity contribution in [2.24, 2.45) is 0 Å². The van der Waals surface area contributed by atoms with Gasteiger partial charge >= 0.3 is 6.09 Å². The van der Waals surface area contributed by atoms with Gasteiger partial charge in [-0.3, -0.25) is 0 Å². The van der Waals surface area contributed by atoms with Crippen LogP contribution < -0.4 is 10.1 Å². The first-order chi connectivity index (χ1) is 19.3. The minimum absolute atomic E-state index is 0.303. The van der Waals surface area contributed by atoms with Crippen LogP contribution in [-0.4, -0.2) is 48.1 Å². The number of nitrogens with one attached hydrogen (secondary N) is 2. The van der Waals surface area contributed by atoms with E-state index in [4.69, 9.17) is 9.47 Å². The maximum Gasteiger partial charge on any atom is 0.410 e. The first kappa shape index (κ1) is 25.8. The minimum atomic E-state index is -0.537. The van der Waals surface area contributed by atoms with Crippen molar-refractivity contribution in [3.05, 3.63) is 76.8 Å². The Hall–Kier alpha value is -4.51. The van der Waals surface area contributed by atoms with E-state index < -0.39 is 5.60 Å². The highest BCUT2D eigenvalue weighted by atomic mass is 32.1. The zero-order valence-corrected chi connectivity index (χ0v) is 23.3. The van der Waals surface area contributed by atoms with Crippen molar-refractivity contribution in [1.82, 2.24) is 29.8 Å². The van der Waals surface area contributed by atoms with Gasteiger partial charge in [0.05, 0.1) is 17.6 Å². The lowest BCUT2D eigenvalue weighted by molar-refractivity contribution is 0.0224. The van der Waals surface area contributed by atoms with Gasteiger partial charge in [0.1, 0.15) is 39.9 Å². The van der Waals surface area contributed by atoms with Gasteiger partial charge in [-0.2, -0.15) is 0 Å². The molecular weight excluding hydrogens is 526 g/mol. The Morgan fingerprint density at radius 3 is 2.83 bits per heavy atom. The van der Waals surface area contributed by atoms with E-state index in [0.717, 1.165) is 33.6 Å². The molecule has 11 heteroatoms. The second kappa shape index (κ2) is 10.6. The Bertz CT molecular complexity index is 1660. The summed E-state index contributed by atoms with van der Waals surface area (Å²) in [5, 5.41) is 7.05. The third-order valence-electron chi connectivity index (χ3n) is 6.45. The number of H-pyrrole nitrogens is 1. The summed E-state index contributed by atoms with van der Waals surface area (Å²) in [7, 11) is 0. The molecule has 0 saturated heterocycles. The number of carbonyl (C=O) groups excluding carboxylic acids is 1. The number of nitrogens with zero attached hydrogens (tertiary/aromatic N) is 5. The van der Waals surface area contributed by atoms with Crippen LogP contribution >= 0.6 is 11.3 Å². The van der Waals surface area contributed by atoms with Crippen molar-refractivity contribution in [1.29, 1.82) is 0 Å². The lowest BCUT2D eigenvalue weighted by Gasteiger charge is -2.31. The highest BCUT2D eigenvalue weighted by molar-refractivity contribution is 7.09. The van der Waals surface area contributed by atoms with Crippen molar-refractivity contribution in [3.63, 3.8) is 0 Å². The fourth-order valence-corrected chi connectivity index (χ4v) is 5.18. The van der Waals surface area contributed by atoms with E-state index >= 15 is 0 Å². The Kier molecular flexibility index (Phi) is 6.81. The fraction of sp³-hybridized carbons (Fsp3) is 0.276. The van der Waals surface area contributed by atoms with E-state index in [9.17, 15) is 4.79 Å². The molecule has 4 aromatic heterocycles. The monoisotopic (exact) mass is 555 g/mol. The molecule has 0 fully saturated rings. The zero-order chi connectivity index (χ0) is 27.7. The average Bonchev–Trinajstić information content (AvgIpc) is 3.62. The first-order valence-electron chi connectivity index (χ1n) is 13.0. The van der Waals surface area contributed by atoms with Gasteiger partial charge in [0.2, 0.25) is 0 Å². The lowest BCUT2D eigenvalue weighted by atomic mass is 10.00. The maximum absolute atomic E-state index is 12.7. The van der Waals surface area contributed by atoms with E-state index in [0.29, 0.717) is 42.6 Å². The van der Waals surface area contributed by atoms with Gasteiger partial charge in [-0.05, 0) is 56.5 Å². The number of benzene rings is 1. The van der Waals surface area contributed by atoms with Crippen LogP contribution in [0.15, 0.2) is 60.6 Å². The summed E-state index contributed by atoms with van der Waals surface area (Å²) >= 11 is 1.59. The molecule has 1 aliphatic heterocycles. The van der Waals surface area contributed by atoms with Crippen LogP contribution in [0.1, 0.15) is 36.9 Å². The van der Waals surface area contributed by atoms with E-state index in [1.54, 1.807) is 28.6 Å². The van der Waals surface area contributed by atoms with E-state index in [1.165, 1.54) is 11.9 Å². The van der Waals surface area contributed by atoms with Crippen molar-refractivity contribution in [2.75, 3.05) is 11.9 Å². The smallest absolute Gasteiger partial charge is 0.410 e. The molecule has 1 aromatic carbocycles. The van der Waals surface area contributed by atoms with Crippen LogP contribution in [0.3, 0.4) is 0 Å². The summed E-state index contributed by atoms with van der Waals surface area (Å²) < 4.78 is 12.0. The minimum Gasteiger partial charge on any atom is -0.457 e. The summed E-state index contributed by atoms with van der Waals surface area (Å²) in [6.45, 7) is 7.31. The number of aromatic nitrogens is 5. The zero-order valence-electron chi connectivity index (χ0n) is 22.5. The number of amides is 1. The normalized spacial score (nSPS) is 13.2. The molecule has 0 spiro atoms. The number of anilines is 1. The number of pyridine rings is 1. The third kappa shape index (κ3) is 5.59. The van der Waals surface area contributed by atoms with Gasteiger partial charge in [-0.1, -0.05) is 6.07 Å². The molecule has 0 bridgehead atoms. The largest absolute Gasteiger partial charge is 0.457 e. The van der Waals surface area contributed by atoms with E-state index in [-0.39, 0.29) is 6.09 Å². The Morgan fingerprint density at radius 2 is 2.00 bits per heavy atom. The molecule has 0 radical (unpaired) electrons. The molecule has 0 saturated carbocycles. The molecule has 5 heterocycles. The van der Waals surface area contributed by atoms with Crippen LogP contribution in [0, 0.1) is 0 Å². The molecule has 204 valence electrons. The summed E-state index contributed by atoms with van der Waals surface area (Å²) in [6.07, 6.45) is 7.37. The average molecular weight is 556 g/mol. The van der Waals surface area contributed by atoms with Gasteiger partial charge in [0.15, 0.2) is 0 Å². The van der Waals surface area contributed by atoms with Gasteiger partial charge in [-0.25, -0.2) is 24.7 Å². The molecule has 5 aromatic rings. The van der Waals surface area contributed by atoms with Crippen molar-refractivity contribution in [2.45, 2.75) is 45.9 Å². The topological polar surface area (TPSA) is 118 Å². The Morgan fingerprint density at radius 1 is 1.10 bits per heavy atom. The number of rotatable bonds is 6. The standard InChI is InChI=1S/C29H29N7O3S/c1-29(2,3)39-28(37)36-10-7-18-4-5-20(12-19(18)16-36)38-23-6-8-31-27-26(23)21(14-33-27)22-13-24(35-17-34-22)32-15-25-30-9-11-40-25/h4-6,8-9,11-14,17H,7,10,15-16H2,1-3H3,(H,31,33)(H,32,34,35). The SMILES string of the molecule is CC(C)(C)OC(=O)N1CCc2ccc(Oc3ccnc4[nH]cc(-c5cc(NCc6nccs6)ncn5)c34)cc2C1. The van der Waals surface area contributed by atoms with E-state index in [2.05, 4.69) is 36.3 Å². The Balaban J connectivity index is 1.25. The molecule has 40 heavy (non-hydrogen) atoms. The Labute approximate surface area is 235 Å². The van der Waals surface area contributed by atoms with Crippen molar-refractivity contribution in [3.8, 4) is 22.8 Å². The lowest BCUT2D eigenvalue weighted by Crippen LogP contribution is -2.39. The third-order valence-corrected chi connectivity index (χ3v) is 7.23. The second-order valence-corrected chi connectivity index (χ2v) is 11.5. The predicted octanol–water partition coefficient (Wildman–Crippen LogP) is 6.17. The second-order valence-electron chi connectivity index (χ2n) is 10.5. The predicted molar refractivity (Wildman–Crippen MR) is 153 cm³/mol. The van der Waals surface area contributed by atoms with Crippen molar-refractivity contribution < 1.29 is 14.3 Å². The number of hydrogen-bond acceptors (Lipinski definition) is 9. The van der Waals surface area contributed by atoms with E-state index in [1.807, 2.05) is 56.6 Å². The molecule has 0 aliphatic carbocycles. The molecule has 0 unspecified atom stereocenters. The first-order valence-corrected chi connectivity index (χ1v) is 13.9. The maximum atomic E-state index is 12.7. The quantitative estimate of drug-likeness (QED) is 0.255. The number of fused-ring (bicyclic) bond motifs is 2. The number of hydrogen-bond donors (Lipinski definition) is 2. The number of ether oxygens (including phenoxy) is 2. The van der Waals surface area contributed by atoms with Crippen LogP contribution in [0.4, 0.5) is 10.6 Å². The number of aromatic amines is 1. The van der Waals surface area contributed by atoms with Gasteiger partial charge in [0.25, 0.3) is 0 Å². The number of thiazole rings is 1. The highest BCUT2D eigenvalue weighted by Gasteiger charge is 2.26. The van der Waals surface area contributed by atoms with Crippen molar-refractivity contribution >= 4 is 34.3 Å². The molecule has 2 N–H and O–H groups in total. The molecule has 6 rings (SSSR count). The summed E-state index contributed by atoms with van der Waals surface area (Å²) in [5.74, 6) is 2.03. The van der Waals surface area contributed by atoms with Crippen LogP contribution in [0.2, 0.25) is 0 Å². The van der Waals surface area contributed by atoms with Crippen LogP contribution in [-0.2, 0) is 24.2 Å². The molecule has 10 nitrogen and oxygen atoms in total. The summed E-state index contributed by atoms with van der Waals surface area (Å²) in [5.41, 5.74) is 3.99.